The summed E-state index contributed by atoms with van der Waals surface area (Å²) in [7, 11) is 0. The molecule has 0 fully saturated rings. The van der Waals surface area contributed by atoms with Gasteiger partial charge >= 0.3 is 18.4 Å². The number of halogens is 8. The molecule has 0 saturated heterocycles. The van der Waals surface area contributed by atoms with Crippen LogP contribution >= 0.6 is 0 Å². The molecule has 0 aliphatic heterocycles. The van der Waals surface area contributed by atoms with Gasteiger partial charge in [0.15, 0.2) is 6.17 Å². The van der Waals surface area contributed by atoms with E-state index >= 15 is 4.39 Å². The van der Waals surface area contributed by atoms with Crippen LogP contribution in [0.25, 0.3) is 0 Å². The molecule has 0 spiro atoms. The molecule has 0 bridgehead atoms. The molecule has 0 heterocycles. The number of rotatable bonds is 8. The summed E-state index contributed by atoms with van der Waals surface area (Å²) in [5.41, 5.74) is -1.92. The standard InChI is InChI=1S/C32H24F8N2O3/c1-18(45-29(41)44)20-9-5-11-22(13-20)30(27(34)19-7-3-2-4-8-19,24-15-25(32(38,39)40)17-26(33)16-24)42-28(43)21-10-6-12-23(14-21)31(35,36)37/h2-18,27H,1H3,(H2,41,44)(H,42,43)/t18?,27-,30-/m1/s1. The van der Waals surface area contributed by atoms with Crippen molar-refractivity contribution in [1.29, 1.82) is 0 Å². The summed E-state index contributed by atoms with van der Waals surface area (Å²) in [6.07, 6.45) is -14.7. The van der Waals surface area contributed by atoms with Crippen LogP contribution in [0, 0.1) is 5.82 Å². The minimum Gasteiger partial charge on any atom is -0.442 e. The highest BCUT2D eigenvalue weighted by Crippen LogP contribution is 2.46. The molecule has 3 atom stereocenters. The quantitative estimate of drug-likeness (QED) is 0.191. The van der Waals surface area contributed by atoms with Gasteiger partial charge in [0.05, 0.1) is 11.1 Å². The lowest BCUT2D eigenvalue weighted by atomic mass is 9.75. The third-order valence-electron chi connectivity index (χ3n) is 7.02. The number of amides is 2. The van der Waals surface area contributed by atoms with Crippen molar-refractivity contribution < 1.29 is 49.4 Å². The van der Waals surface area contributed by atoms with Gasteiger partial charge in [0.1, 0.15) is 17.5 Å². The van der Waals surface area contributed by atoms with E-state index in [9.17, 15) is 40.3 Å². The van der Waals surface area contributed by atoms with Crippen molar-refractivity contribution in [2.45, 2.75) is 37.1 Å². The number of carbonyl (C=O) groups excluding carboxylic acids is 2. The maximum absolute atomic E-state index is 17.2. The van der Waals surface area contributed by atoms with Crippen molar-refractivity contribution in [3.8, 4) is 0 Å². The molecule has 0 saturated carbocycles. The molecule has 236 valence electrons. The van der Waals surface area contributed by atoms with Gasteiger partial charge in [-0.05, 0) is 71.6 Å². The van der Waals surface area contributed by atoms with Crippen LogP contribution in [0.3, 0.4) is 0 Å². The number of hydrogen-bond acceptors (Lipinski definition) is 3. The average molecular weight is 637 g/mol. The van der Waals surface area contributed by atoms with E-state index in [1.54, 1.807) is 0 Å². The van der Waals surface area contributed by atoms with Gasteiger partial charge in [0.2, 0.25) is 0 Å². The number of ether oxygens (including phenoxy) is 1. The molecule has 3 N–H and O–H groups in total. The minimum absolute atomic E-state index is 0.150. The first-order valence-electron chi connectivity index (χ1n) is 13.2. The Kier molecular flexibility index (Phi) is 9.22. The first-order chi connectivity index (χ1) is 21.0. The molecule has 2 amide bonds. The Morgan fingerprint density at radius 3 is 1.91 bits per heavy atom. The van der Waals surface area contributed by atoms with Gasteiger partial charge in [0.25, 0.3) is 5.91 Å². The van der Waals surface area contributed by atoms with Crippen LogP contribution in [0.15, 0.2) is 97.1 Å². The summed E-state index contributed by atoms with van der Waals surface area (Å²) in [4.78, 5) is 25.1. The first kappa shape index (κ1) is 33.0. The molecule has 1 unspecified atom stereocenters. The molecule has 45 heavy (non-hydrogen) atoms. The Morgan fingerprint density at radius 1 is 0.711 bits per heavy atom. The van der Waals surface area contributed by atoms with Crippen LogP contribution in [0.4, 0.5) is 39.9 Å². The second kappa shape index (κ2) is 12.6. The second-order valence-electron chi connectivity index (χ2n) is 10.0. The fourth-order valence-corrected chi connectivity index (χ4v) is 4.89. The smallest absolute Gasteiger partial charge is 0.416 e. The van der Waals surface area contributed by atoms with Crippen LogP contribution in [0.1, 0.15) is 62.9 Å². The lowest BCUT2D eigenvalue weighted by Gasteiger charge is -2.40. The average Bonchev–Trinajstić information content (AvgIpc) is 2.98. The highest BCUT2D eigenvalue weighted by molar-refractivity contribution is 5.95. The van der Waals surface area contributed by atoms with E-state index in [4.69, 9.17) is 10.5 Å². The molecule has 0 aliphatic rings. The number of primary amides is 1. The SMILES string of the molecule is CC(OC(N)=O)c1cccc([C@@](NC(=O)c2cccc(C(F)(F)F)c2)(c2cc(F)cc(C(F)(F)F)c2)[C@H](F)c2ccccc2)c1. The predicted octanol–water partition coefficient (Wildman–Crippen LogP) is 8.40. The van der Waals surface area contributed by atoms with E-state index in [-0.39, 0.29) is 22.8 Å². The van der Waals surface area contributed by atoms with Gasteiger partial charge in [-0.25, -0.2) is 13.6 Å². The zero-order valence-corrected chi connectivity index (χ0v) is 23.2. The highest BCUT2D eigenvalue weighted by Gasteiger charge is 2.47. The number of nitrogens with two attached hydrogens (primary N) is 1. The number of nitrogens with one attached hydrogen (secondary N) is 1. The number of hydrogen-bond donors (Lipinski definition) is 2. The fourth-order valence-electron chi connectivity index (χ4n) is 4.89. The molecule has 0 radical (unpaired) electrons. The molecule has 4 aromatic rings. The monoisotopic (exact) mass is 636 g/mol. The third kappa shape index (κ3) is 7.24. The van der Waals surface area contributed by atoms with Crippen molar-refractivity contribution in [1.82, 2.24) is 5.32 Å². The second-order valence-corrected chi connectivity index (χ2v) is 10.0. The maximum atomic E-state index is 17.2. The Hall–Kier alpha value is -4.94. The number of carbonyl (C=O) groups is 2. The maximum Gasteiger partial charge on any atom is 0.416 e. The fraction of sp³-hybridized carbons (Fsp3) is 0.188. The molecular weight excluding hydrogens is 612 g/mol. The largest absolute Gasteiger partial charge is 0.442 e. The zero-order chi connectivity index (χ0) is 33.2. The number of alkyl halides is 7. The molecular formula is C32H24F8N2O3. The summed E-state index contributed by atoms with van der Waals surface area (Å²) in [6, 6.07) is 16.4. The molecule has 5 nitrogen and oxygen atoms in total. The van der Waals surface area contributed by atoms with E-state index in [0.717, 1.165) is 12.1 Å². The summed E-state index contributed by atoms with van der Waals surface area (Å²) in [6.45, 7) is 1.39. The van der Waals surface area contributed by atoms with Crippen LogP contribution in [0.5, 0.6) is 0 Å². The van der Waals surface area contributed by atoms with E-state index < -0.39 is 70.2 Å². The van der Waals surface area contributed by atoms with Crippen molar-refractivity contribution in [2.75, 3.05) is 0 Å². The summed E-state index contributed by atoms with van der Waals surface area (Å²) in [5, 5.41) is 2.32. The molecule has 13 heteroatoms. The number of benzene rings is 4. The van der Waals surface area contributed by atoms with Crippen LogP contribution < -0.4 is 11.1 Å². The molecule has 0 aromatic heterocycles. The van der Waals surface area contributed by atoms with Gasteiger partial charge < -0.3 is 15.8 Å². The van der Waals surface area contributed by atoms with Gasteiger partial charge in [-0.1, -0.05) is 54.6 Å². The Bertz CT molecular complexity index is 1690. The van der Waals surface area contributed by atoms with Crippen molar-refractivity contribution in [2.24, 2.45) is 5.73 Å². The Labute approximate surface area is 251 Å². The van der Waals surface area contributed by atoms with Crippen LogP contribution in [-0.4, -0.2) is 12.0 Å². The Morgan fingerprint density at radius 2 is 1.29 bits per heavy atom. The molecule has 4 rings (SSSR count). The summed E-state index contributed by atoms with van der Waals surface area (Å²) >= 11 is 0. The van der Waals surface area contributed by atoms with Crippen molar-refractivity contribution in [3.63, 3.8) is 0 Å². The zero-order valence-electron chi connectivity index (χ0n) is 23.2. The lowest BCUT2D eigenvalue weighted by molar-refractivity contribution is -0.138. The normalized spacial score (nSPS) is 14.6. The van der Waals surface area contributed by atoms with E-state index in [1.165, 1.54) is 61.5 Å². The molecule has 4 aromatic carbocycles. The van der Waals surface area contributed by atoms with Gasteiger partial charge in [0, 0.05) is 5.56 Å². The van der Waals surface area contributed by atoms with Crippen molar-refractivity contribution >= 4 is 12.0 Å². The predicted molar refractivity (Wildman–Crippen MR) is 147 cm³/mol. The summed E-state index contributed by atoms with van der Waals surface area (Å²) in [5.74, 6) is -2.75. The lowest BCUT2D eigenvalue weighted by Crippen LogP contribution is -2.50. The van der Waals surface area contributed by atoms with Crippen molar-refractivity contribution in [3.05, 3.63) is 142 Å². The first-order valence-corrected chi connectivity index (χ1v) is 13.2. The van der Waals surface area contributed by atoms with E-state index in [0.29, 0.717) is 24.3 Å². The minimum atomic E-state index is -5.11. The highest BCUT2D eigenvalue weighted by atomic mass is 19.4. The van der Waals surface area contributed by atoms with Crippen LogP contribution in [0.2, 0.25) is 0 Å². The van der Waals surface area contributed by atoms with Gasteiger partial charge in [-0.2, -0.15) is 26.3 Å². The topological polar surface area (TPSA) is 81.4 Å². The Balaban J connectivity index is 2.06. The third-order valence-corrected chi connectivity index (χ3v) is 7.02. The van der Waals surface area contributed by atoms with Crippen LogP contribution in [-0.2, 0) is 22.6 Å². The van der Waals surface area contributed by atoms with E-state index in [2.05, 4.69) is 5.32 Å². The molecule has 0 aliphatic carbocycles. The summed E-state index contributed by atoms with van der Waals surface area (Å²) < 4.78 is 119. The van der Waals surface area contributed by atoms with Gasteiger partial charge in [-0.3, -0.25) is 4.79 Å². The van der Waals surface area contributed by atoms with E-state index in [1.807, 2.05) is 0 Å². The van der Waals surface area contributed by atoms with Gasteiger partial charge in [-0.15, -0.1) is 0 Å².